The Morgan fingerprint density at radius 3 is 2.63 bits per heavy atom. The number of nitrogens with zero attached hydrogens (tertiary/aromatic N) is 1. The minimum atomic E-state index is -0.0497. The van der Waals surface area contributed by atoms with Gasteiger partial charge in [0.2, 0.25) is 0 Å². The fraction of sp³-hybridized carbons (Fsp3) is 0.238. The number of hydrogen-bond acceptors (Lipinski definition) is 5. The van der Waals surface area contributed by atoms with Gasteiger partial charge in [-0.25, -0.2) is 0 Å². The number of benzene rings is 2. The van der Waals surface area contributed by atoms with Crippen LogP contribution in [0.4, 0.5) is 0 Å². The number of thiocarbonyl (C=S) groups is 1. The van der Waals surface area contributed by atoms with Gasteiger partial charge in [-0.1, -0.05) is 54.3 Å². The quantitative estimate of drug-likeness (QED) is 0.515. The molecule has 27 heavy (non-hydrogen) atoms. The van der Waals surface area contributed by atoms with E-state index in [1.54, 1.807) is 12.0 Å². The van der Waals surface area contributed by atoms with Crippen molar-refractivity contribution in [1.29, 1.82) is 0 Å². The van der Waals surface area contributed by atoms with Gasteiger partial charge in [-0.3, -0.25) is 9.69 Å². The van der Waals surface area contributed by atoms with Crippen LogP contribution in [-0.4, -0.2) is 28.8 Å². The Morgan fingerprint density at radius 1 is 1.19 bits per heavy atom. The Morgan fingerprint density at radius 2 is 1.96 bits per heavy atom. The molecule has 0 radical (unpaired) electrons. The highest BCUT2D eigenvalue weighted by Gasteiger charge is 2.30. The lowest BCUT2D eigenvalue weighted by atomic mass is 10.1. The van der Waals surface area contributed by atoms with E-state index < -0.39 is 0 Å². The molecule has 1 amide bonds. The molecule has 0 atom stereocenters. The maximum atomic E-state index is 12.4. The third-order valence-corrected chi connectivity index (χ3v) is 5.70. The molecule has 1 heterocycles. The molecule has 1 aliphatic rings. The molecule has 0 aromatic heterocycles. The van der Waals surface area contributed by atoms with Crippen molar-refractivity contribution in [3.05, 3.63) is 64.1 Å². The molecule has 0 spiro atoms. The first-order valence-corrected chi connectivity index (χ1v) is 9.86. The van der Waals surface area contributed by atoms with Crippen LogP contribution in [0.3, 0.4) is 0 Å². The summed E-state index contributed by atoms with van der Waals surface area (Å²) >= 11 is 6.58. The predicted octanol–water partition coefficient (Wildman–Crippen LogP) is 4.80. The van der Waals surface area contributed by atoms with Gasteiger partial charge in [-0.15, -0.1) is 0 Å². The molecule has 1 aliphatic heterocycles. The van der Waals surface area contributed by atoms with Crippen molar-refractivity contribution in [1.82, 2.24) is 4.90 Å². The van der Waals surface area contributed by atoms with Gasteiger partial charge in [0.1, 0.15) is 10.9 Å². The van der Waals surface area contributed by atoms with Crippen molar-refractivity contribution in [2.24, 2.45) is 0 Å². The molecule has 0 bridgehead atoms. The molecule has 1 saturated heterocycles. The van der Waals surface area contributed by atoms with Gasteiger partial charge in [0.05, 0.1) is 12.0 Å². The first-order valence-electron chi connectivity index (χ1n) is 8.64. The number of aryl methyl sites for hydroxylation is 1. The van der Waals surface area contributed by atoms with Crippen molar-refractivity contribution >= 4 is 40.3 Å². The van der Waals surface area contributed by atoms with E-state index in [0.29, 0.717) is 33.9 Å². The number of methoxy groups -OCH3 is 1. The summed E-state index contributed by atoms with van der Waals surface area (Å²) in [5, 5.41) is 0. The molecular weight excluding hydrogens is 378 g/mol. The number of amides is 1. The van der Waals surface area contributed by atoms with Crippen LogP contribution < -0.4 is 9.47 Å². The minimum Gasteiger partial charge on any atom is -0.493 e. The molecule has 2 aromatic carbocycles. The largest absolute Gasteiger partial charge is 0.493 e. The maximum Gasteiger partial charge on any atom is 0.266 e. The van der Waals surface area contributed by atoms with Gasteiger partial charge in [0, 0.05) is 6.54 Å². The summed E-state index contributed by atoms with van der Waals surface area (Å²) in [7, 11) is 1.61. The van der Waals surface area contributed by atoms with Crippen molar-refractivity contribution in [3.63, 3.8) is 0 Å². The van der Waals surface area contributed by atoms with E-state index in [4.69, 9.17) is 21.7 Å². The lowest BCUT2D eigenvalue weighted by Crippen LogP contribution is -2.27. The molecule has 0 N–H and O–H groups in total. The van der Waals surface area contributed by atoms with Gasteiger partial charge >= 0.3 is 0 Å². The Kier molecular flexibility index (Phi) is 6.19. The molecule has 6 heteroatoms. The topological polar surface area (TPSA) is 38.8 Å². The van der Waals surface area contributed by atoms with Gasteiger partial charge in [0.25, 0.3) is 5.91 Å². The second-order valence-corrected chi connectivity index (χ2v) is 7.73. The third-order valence-electron chi connectivity index (χ3n) is 4.32. The number of likely N-dealkylation sites (N-methyl/N-ethyl adjacent to an activating group) is 1. The van der Waals surface area contributed by atoms with Crippen LogP contribution in [0.1, 0.15) is 23.6 Å². The molecule has 0 saturated carbocycles. The Balaban J connectivity index is 1.79. The number of rotatable bonds is 6. The summed E-state index contributed by atoms with van der Waals surface area (Å²) in [4.78, 5) is 14.6. The number of carbonyl (C=O) groups excluding carboxylic acids is 1. The Bertz CT molecular complexity index is 908. The Labute approximate surface area is 169 Å². The van der Waals surface area contributed by atoms with E-state index in [1.165, 1.54) is 17.3 Å². The minimum absolute atomic E-state index is 0.0497. The highest BCUT2D eigenvalue weighted by atomic mass is 32.2. The van der Waals surface area contributed by atoms with Crippen LogP contribution >= 0.6 is 24.0 Å². The zero-order valence-corrected chi connectivity index (χ0v) is 17.2. The Hall–Kier alpha value is -2.31. The van der Waals surface area contributed by atoms with E-state index >= 15 is 0 Å². The van der Waals surface area contributed by atoms with Crippen LogP contribution in [-0.2, 0) is 11.4 Å². The summed E-state index contributed by atoms with van der Waals surface area (Å²) in [6.45, 7) is 5.03. The molecule has 2 aromatic rings. The summed E-state index contributed by atoms with van der Waals surface area (Å²) in [5.41, 5.74) is 3.18. The SMILES string of the molecule is CCN1C(=O)/C(=C\c2ccc(OCc3ccccc3C)c(OC)c2)SC1=S. The van der Waals surface area contributed by atoms with Gasteiger partial charge < -0.3 is 9.47 Å². The fourth-order valence-electron chi connectivity index (χ4n) is 2.74. The van der Waals surface area contributed by atoms with E-state index in [0.717, 1.165) is 11.1 Å². The zero-order chi connectivity index (χ0) is 19.4. The van der Waals surface area contributed by atoms with E-state index in [1.807, 2.05) is 49.4 Å². The number of ether oxygens (including phenoxy) is 2. The molecule has 140 valence electrons. The predicted molar refractivity (Wildman–Crippen MR) is 114 cm³/mol. The first-order chi connectivity index (χ1) is 13.0. The monoisotopic (exact) mass is 399 g/mol. The van der Waals surface area contributed by atoms with E-state index in [2.05, 4.69) is 13.0 Å². The standard InChI is InChI=1S/C21H21NO3S2/c1-4-22-20(23)19(27-21(22)26)12-15-9-10-17(18(11-15)24-3)25-13-16-8-6-5-7-14(16)2/h5-12H,4,13H2,1-3H3/b19-12+. The smallest absolute Gasteiger partial charge is 0.266 e. The van der Waals surface area contributed by atoms with Crippen LogP contribution in [0.15, 0.2) is 47.4 Å². The van der Waals surface area contributed by atoms with Crippen molar-refractivity contribution in [2.45, 2.75) is 20.5 Å². The summed E-state index contributed by atoms with van der Waals surface area (Å²) in [6.07, 6.45) is 1.84. The highest BCUT2D eigenvalue weighted by molar-refractivity contribution is 8.26. The third kappa shape index (κ3) is 4.34. The van der Waals surface area contributed by atoms with Crippen LogP contribution in [0.5, 0.6) is 11.5 Å². The second-order valence-electron chi connectivity index (χ2n) is 6.05. The van der Waals surface area contributed by atoms with E-state index in [-0.39, 0.29) is 5.91 Å². The summed E-state index contributed by atoms with van der Waals surface area (Å²) < 4.78 is 12.0. The maximum absolute atomic E-state index is 12.4. The van der Waals surface area contributed by atoms with Crippen LogP contribution in [0, 0.1) is 6.92 Å². The fourth-order valence-corrected chi connectivity index (χ4v) is 4.13. The van der Waals surface area contributed by atoms with Crippen molar-refractivity contribution in [3.8, 4) is 11.5 Å². The summed E-state index contributed by atoms with van der Waals surface area (Å²) in [6, 6.07) is 13.8. The van der Waals surface area contributed by atoms with Gasteiger partial charge in [-0.2, -0.15) is 0 Å². The number of thioether (sulfide) groups is 1. The molecule has 0 aliphatic carbocycles. The highest BCUT2D eigenvalue weighted by Crippen LogP contribution is 2.34. The normalized spacial score (nSPS) is 15.5. The average Bonchev–Trinajstić information content (AvgIpc) is 2.94. The zero-order valence-electron chi connectivity index (χ0n) is 15.5. The second kappa shape index (κ2) is 8.59. The van der Waals surface area contributed by atoms with Crippen LogP contribution in [0.2, 0.25) is 0 Å². The van der Waals surface area contributed by atoms with Crippen molar-refractivity contribution < 1.29 is 14.3 Å². The molecule has 3 rings (SSSR count). The average molecular weight is 400 g/mol. The lowest BCUT2D eigenvalue weighted by molar-refractivity contribution is -0.121. The van der Waals surface area contributed by atoms with Gasteiger partial charge in [-0.05, 0) is 48.7 Å². The summed E-state index contributed by atoms with van der Waals surface area (Å²) in [5.74, 6) is 1.24. The molecule has 1 fully saturated rings. The van der Waals surface area contributed by atoms with Gasteiger partial charge in [0.15, 0.2) is 11.5 Å². The van der Waals surface area contributed by atoms with E-state index in [9.17, 15) is 4.79 Å². The molecular formula is C21H21NO3S2. The first kappa shape index (κ1) is 19.5. The van der Waals surface area contributed by atoms with Crippen molar-refractivity contribution in [2.75, 3.05) is 13.7 Å². The van der Waals surface area contributed by atoms with Crippen LogP contribution in [0.25, 0.3) is 6.08 Å². The number of hydrogen-bond donors (Lipinski definition) is 0. The lowest BCUT2D eigenvalue weighted by Gasteiger charge is -2.13. The number of carbonyl (C=O) groups is 1. The molecule has 0 unspecified atom stereocenters. The molecule has 4 nitrogen and oxygen atoms in total.